The van der Waals surface area contributed by atoms with Gasteiger partial charge in [0.1, 0.15) is 0 Å². The molecule has 2 aliphatic rings. The molecule has 4 nitrogen and oxygen atoms in total. The van der Waals surface area contributed by atoms with Gasteiger partial charge in [0, 0.05) is 25.2 Å². The molecule has 1 unspecified atom stereocenters. The number of rotatable bonds is 5. The largest absolute Gasteiger partial charge is 0.353 e. The molecule has 17 heavy (non-hydrogen) atoms. The molecule has 0 spiro atoms. The third-order valence-electron chi connectivity index (χ3n) is 3.79. The van der Waals surface area contributed by atoms with E-state index < -0.39 is 0 Å². The smallest absolute Gasteiger partial charge is 0.234 e. The van der Waals surface area contributed by atoms with Crippen LogP contribution < -0.4 is 11.1 Å². The van der Waals surface area contributed by atoms with Crippen molar-refractivity contribution in [3.05, 3.63) is 0 Å². The van der Waals surface area contributed by atoms with Crippen molar-refractivity contribution in [3.63, 3.8) is 0 Å². The zero-order chi connectivity index (χ0) is 12.3. The second-order valence-electron chi connectivity index (χ2n) is 5.76. The number of carbonyl (C=O) groups is 1. The van der Waals surface area contributed by atoms with E-state index >= 15 is 0 Å². The van der Waals surface area contributed by atoms with E-state index in [2.05, 4.69) is 17.1 Å². The minimum atomic E-state index is 0.175. The molecule has 3 N–H and O–H groups in total. The topological polar surface area (TPSA) is 58.4 Å². The Labute approximate surface area is 104 Å². The summed E-state index contributed by atoms with van der Waals surface area (Å²) in [5.74, 6) is 1.05. The van der Waals surface area contributed by atoms with E-state index in [4.69, 9.17) is 5.73 Å². The minimum absolute atomic E-state index is 0.175. The Bertz CT molecular complexity index is 257. The highest BCUT2D eigenvalue weighted by Crippen LogP contribution is 2.33. The molecule has 1 saturated carbocycles. The summed E-state index contributed by atoms with van der Waals surface area (Å²) in [6, 6.07) is 0.671. The summed E-state index contributed by atoms with van der Waals surface area (Å²) in [7, 11) is 0. The van der Waals surface area contributed by atoms with Crippen molar-refractivity contribution in [2.75, 3.05) is 19.6 Å². The van der Waals surface area contributed by atoms with E-state index in [1.165, 1.54) is 12.8 Å². The van der Waals surface area contributed by atoms with Crippen molar-refractivity contribution in [2.45, 2.75) is 51.1 Å². The lowest BCUT2D eigenvalue weighted by Gasteiger charge is -2.29. The molecule has 2 fully saturated rings. The molecule has 1 heterocycles. The van der Waals surface area contributed by atoms with Gasteiger partial charge in [-0.2, -0.15) is 0 Å². The van der Waals surface area contributed by atoms with Gasteiger partial charge in [-0.15, -0.1) is 0 Å². The molecule has 0 radical (unpaired) electrons. The fraction of sp³-hybridized carbons (Fsp3) is 0.923. The predicted octanol–water partition coefficient (Wildman–Crippen LogP) is 0.714. The lowest BCUT2D eigenvalue weighted by atomic mass is 10.1. The van der Waals surface area contributed by atoms with Crippen LogP contribution in [0.3, 0.4) is 0 Å². The van der Waals surface area contributed by atoms with Gasteiger partial charge in [0.2, 0.25) is 5.91 Å². The van der Waals surface area contributed by atoms with Crippen molar-refractivity contribution in [1.82, 2.24) is 10.2 Å². The SMILES string of the molecule is CC(CC1CC1)NC(=O)CN1CCC(N)CC1. The molecular weight excluding hydrogens is 214 g/mol. The monoisotopic (exact) mass is 239 g/mol. The zero-order valence-corrected chi connectivity index (χ0v) is 10.8. The van der Waals surface area contributed by atoms with Gasteiger partial charge in [0.25, 0.3) is 0 Å². The van der Waals surface area contributed by atoms with Crippen molar-refractivity contribution in [3.8, 4) is 0 Å². The van der Waals surface area contributed by atoms with Crippen molar-refractivity contribution in [1.29, 1.82) is 0 Å². The number of hydrogen-bond acceptors (Lipinski definition) is 3. The van der Waals surface area contributed by atoms with E-state index in [0.29, 0.717) is 18.6 Å². The summed E-state index contributed by atoms with van der Waals surface area (Å²) in [5, 5.41) is 3.10. The molecule has 2 rings (SSSR count). The van der Waals surface area contributed by atoms with Gasteiger partial charge in [-0.05, 0) is 32.1 Å². The van der Waals surface area contributed by atoms with Crippen LogP contribution in [0.15, 0.2) is 0 Å². The van der Waals surface area contributed by atoms with Gasteiger partial charge >= 0.3 is 0 Å². The van der Waals surface area contributed by atoms with Crippen LogP contribution in [0.1, 0.15) is 39.0 Å². The molecule has 1 aliphatic carbocycles. The van der Waals surface area contributed by atoms with Gasteiger partial charge in [0.05, 0.1) is 6.54 Å². The maximum absolute atomic E-state index is 11.8. The summed E-state index contributed by atoms with van der Waals surface area (Å²) < 4.78 is 0. The van der Waals surface area contributed by atoms with Gasteiger partial charge in [-0.1, -0.05) is 12.8 Å². The maximum atomic E-state index is 11.8. The normalized spacial score (nSPS) is 24.6. The standard InChI is InChI=1S/C13H25N3O/c1-10(8-11-2-3-11)15-13(17)9-16-6-4-12(14)5-7-16/h10-12H,2-9,14H2,1H3,(H,15,17). The van der Waals surface area contributed by atoms with E-state index in [9.17, 15) is 4.79 Å². The maximum Gasteiger partial charge on any atom is 0.234 e. The number of nitrogens with zero attached hydrogens (tertiary/aromatic N) is 1. The highest BCUT2D eigenvalue weighted by molar-refractivity contribution is 5.78. The molecule has 98 valence electrons. The molecule has 4 heteroatoms. The van der Waals surface area contributed by atoms with Crippen LogP contribution in [0.2, 0.25) is 0 Å². The summed E-state index contributed by atoms with van der Waals surface area (Å²) in [4.78, 5) is 14.0. The van der Waals surface area contributed by atoms with Gasteiger partial charge in [-0.25, -0.2) is 0 Å². The molecule has 0 aromatic heterocycles. The number of amides is 1. The molecule has 1 atom stereocenters. The third kappa shape index (κ3) is 4.64. The van der Waals surface area contributed by atoms with E-state index in [0.717, 1.165) is 38.3 Å². The summed E-state index contributed by atoms with van der Waals surface area (Å²) in [6.45, 7) is 4.58. The van der Waals surface area contributed by atoms with E-state index in [1.54, 1.807) is 0 Å². The lowest BCUT2D eigenvalue weighted by Crippen LogP contribution is -2.46. The number of carbonyl (C=O) groups excluding carboxylic acids is 1. The Morgan fingerprint density at radius 1 is 1.35 bits per heavy atom. The summed E-state index contributed by atoms with van der Waals surface area (Å²) >= 11 is 0. The van der Waals surface area contributed by atoms with E-state index in [-0.39, 0.29) is 5.91 Å². The highest BCUT2D eigenvalue weighted by Gasteiger charge is 2.24. The van der Waals surface area contributed by atoms with Gasteiger partial charge in [0.15, 0.2) is 0 Å². The molecular formula is C13H25N3O. The average Bonchev–Trinajstić information content (AvgIpc) is 3.05. The van der Waals surface area contributed by atoms with Gasteiger partial charge < -0.3 is 11.1 Å². The fourth-order valence-corrected chi connectivity index (χ4v) is 2.55. The fourth-order valence-electron chi connectivity index (χ4n) is 2.55. The molecule has 1 amide bonds. The highest BCUT2D eigenvalue weighted by atomic mass is 16.2. The van der Waals surface area contributed by atoms with Crippen LogP contribution >= 0.6 is 0 Å². The second kappa shape index (κ2) is 5.83. The van der Waals surface area contributed by atoms with Crippen molar-refractivity contribution >= 4 is 5.91 Å². The Balaban J connectivity index is 1.62. The number of hydrogen-bond donors (Lipinski definition) is 2. The summed E-state index contributed by atoms with van der Waals surface area (Å²) in [5.41, 5.74) is 5.84. The molecule has 0 bridgehead atoms. The first-order valence-electron chi connectivity index (χ1n) is 6.91. The Kier molecular flexibility index (Phi) is 4.40. The number of likely N-dealkylation sites (tertiary alicyclic amines) is 1. The Morgan fingerprint density at radius 3 is 2.59 bits per heavy atom. The van der Waals surface area contributed by atoms with Crippen LogP contribution in [0.4, 0.5) is 0 Å². The zero-order valence-electron chi connectivity index (χ0n) is 10.8. The number of piperidine rings is 1. The van der Waals surface area contributed by atoms with Crippen LogP contribution in [-0.2, 0) is 4.79 Å². The van der Waals surface area contributed by atoms with Crippen LogP contribution in [0, 0.1) is 5.92 Å². The Hall–Kier alpha value is -0.610. The third-order valence-corrected chi connectivity index (χ3v) is 3.79. The number of nitrogens with one attached hydrogen (secondary N) is 1. The molecule has 0 aromatic rings. The number of nitrogens with two attached hydrogens (primary N) is 1. The minimum Gasteiger partial charge on any atom is -0.353 e. The first-order valence-corrected chi connectivity index (χ1v) is 6.91. The Morgan fingerprint density at radius 2 is 2.00 bits per heavy atom. The first-order chi connectivity index (χ1) is 8.13. The first kappa shape index (κ1) is 12.8. The van der Waals surface area contributed by atoms with Crippen molar-refractivity contribution < 1.29 is 4.79 Å². The van der Waals surface area contributed by atoms with Crippen molar-refractivity contribution in [2.24, 2.45) is 11.7 Å². The average molecular weight is 239 g/mol. The van der Waals surface area contributed by atoms with E-state index in [1.807, 2.05) is 0 Å². The quantitative estimate of drug-likeness (QED) is 0.743. The van der Waals surface area contributed by atoms with Crippen LogP contribution in [0.5, 0.6) is 0 Å². The van der Waals surface area contributed by atoms with Crippen LogP contribution in [-0.4, -0.2) is 42.5 Å². The van der Waals surface area contributed by atoms with Crippen LogP contribution in [0.25, 0.3) is 0 Å². The lowest BCUT2D eigenvalue weighted by molar-refractivity contribution is -0.123. The molecule has 0 aromatic carbocycles. The van der Waals surface area contributed by atoms with Gasteiger partial charge in [-0.3, -0.25) is 9.69 Å². The summed E-state index contributed by atoms with van der Waals surface area (Å²) in [6.07, 6.45) is 5.89. The molecule has 1 aliphatic heterocycles. The molecule has 1 saturated heterocycles. The second-order valence-corrected chi connectivity index (χ2v) is 5.76. The predicted molar refractivity (Wildman–Crippen MR) is 68.6 cm³/mol.